The maximum atomic E-state index is 11.0. The van der Waals surface area contributed by atoms with Gasteiger partial charge in [0.2, 0.25) is 0 Å². The van der Waals surface area contributed by atoms with Crippen molar-refractivity contribution in [3.8, 4) is 0 Å². The molecule has 140 valence electrons. The van der Waals surface area contributed by atoms with Gasteiger partial charge < -0.3 is 14.2 Å². The molecular weight excluding hydrogens is 342 g/mol. The van der Waals surface area contributed by atoms with Gasteiger partial charge in [-0.3, -0.25) is 9.88 Å². The van der Waals surface area contributed by atoms with Crippen molar-refractivity contribution in [1.29, 1.82) is 0 Å². The van der Waals surface area contributed by atoms with E-state index >= 15 is 0 Å². The second kappa shape index (κ2) is 7.90. The third-order valence-electron chi connectivity index (χ3n) is 5.04. The fourth-order valence-corrected chi connectivity index (χ4v) is 3.69. The highest BCUT2D eigenvalue weighted by atomic mass is 16.5. The maximum Gasteiger partial charge on any atom is 0.335 e. The van der Waals surface area contributed by atoms with Gasteiger partial charge in [-0.2, -0.15) is 0 Å². The molecule has 6 nitrogen and oxygen atoms in total. The molecular formula is C21H23N3O3. The molecule has 1 aliphatic heterocycles. The molecule has 1 atom stereocenters. The first-order chi connectivity index (χ1) is 13.2. The van der Waals surface area contributed by atoms with E-state index in [1.165, 1.54) is 0 Å². The largest absolute Gasteiger partial charge is 0.478 e. The Labute approximate surface area is 158 Å². The van der Waals surface area contributed by atoms with E-state index in [9.17, 15) is 4.79 Å². The summed E-state index contributed by atoms with van der Waals surface area (Å²) in [6.45, 7) is 4.05. The van der Waals surface area contributed by atoms with E-state index in [-0.39, 0.29) is 0 Å². The summed E-state index contributed by atoms with van der Waals surface area (Å²) in [7, 11) is 0. The van der Waals surface area contributed by atoms with E-state index < -0.39 is 5.97 Å². The van der Waals surface area contributed by atoms with Crippen LogP contribution in [0, 0.1) is 5.92 Å². The number of aromatic nitrogens is 2. The maximum absolute atomic E-state index is 11.0. The predicted molar refractivity (Wildman–Crippen MR) is 102 cm³/mol. The fraction of sp³-hybridized carbons (Fsp3) is 0.333. The second-order valence-corrected chi connectivity index (χ2v) is 7.06. The molecule has 0 aliphatic carbocycles. The molecule has 6 heteroatoms. The van der Waals surface area contributed by atoms with Crippen molar-refractivity contribution in [1.82, 2.24) is 14.3 Å². The molecule has 1 saturated heterocycles. The second-order valence-electron chi connectivity index (χ2n) is 7.06. The highest BCUT2D eigenvalue weighted by molar-refractivity contribution is 5.87. The highest BCUT2D eigenvalue weighted by Gasteiger charge is 2.21. The molecule has 0 amide bonds. The van der Waals surface area contributed by atoms with Crippen molar-refractivity contribution < 1.29 is 14.6 Å². The number of carbonyl (C=O) groups is 1. The normalized spacial score (nSPS) is 18.4. The number of carboxylic acid groups (broad SMARTS) is 1. The minimum Gasteiger partial charge on any atom is -0.478 e. The standard InChI is InChI=1S/C21H23N3O3/c25-21(26)18-5-3-16(4-6-18)13-23-10-11-27-15-17(14-23)12-19-20-2-1-8-24(20)9-7-22-19/h1-9,17H,10-15H2,(H,25,26). The van der Waals surface area contributed by atoms with Gasteiger partial charge in [0, 0.05) is 44.1 Å². The van der Waals surface area contributed by atoms with Crippen LogP contribution >= 0.6 is 0 Å². The third kappa shape index (κ3) is 4.18. The topological polar surface area (TPSA) is 67.1 Å². The van der Waals surface area contributed by atoms with Crippen molar-refractivity contribution in [3.63, 3.8) is 0 Å². The zero-order valence-electron chi connectivity index (χ0n) is 15.1. The number of ether oxygens (including phenoxy) is 1. The number of hydrogen-bond acceptors (Lipinski definition) is 4. The summed E-state index contributed by atoms with van der Waals surface area (Å²) in [5.41, 5.74) is 3.69. The van der Waals surface area contributed by atoms with Gasteiger partial charge in [-0.05, 0) is 36.2 Å². The number of nitrogens with zero attached hydrogens (tertiary/aromatic N) is 3. The summed E-state index contributed by atoms with van der Waals surface area (Å²) in [4.78, 5) is 18.0. The molecule has 0 spiro atoms. The van der Waals surface area contributed by atoms with E-state index in [0.717, 1.165) is 49.4 Å². The van der Waals surface area contributed by atoms with Crippen LogP contribution in [0.5, 0.6) is 0 Å². The number of benzene rings is 1. The summed E-state index contributed by atoms with van der Waals surface area (Å²) in [5, 5.41) is 9.03. The molecule has 0 radical (unpaired) electrons. The Morgan fingerprint density at radius 1 is 1.22 bits per heavy atom. The molecule has 1 fully saturated rings. The van der Waals surface area contributed by atoms with Gasteiger partial charge in [0.1, 0.15) is 0 Å². The lowest BCUT2D eigenvalue weighted by atomic mass is 10.0. The van der Waals surface area contributed by atoms with Crippen molar-refractivity contribution in [2.75, 3.05) is 26.3 Å². The molecule has 1 aliphatic rings. The minimum atomic E-state index is -0.892. The van der Waals surface area contributed by atoms with Crippen molar-refractivity contribution >= 4 is 11.5 Å². The first-order valence-corrected chi connectivity index (χ1v) is 9.22. The zero-order valence-corrected chi connectivity index (χ0v) is 15.1. The summed E-state index contributed by atoms with van der Waals surface area (Å²) >= 11 is 0. The summed E-state index contributed by atoms with van der Waals surface area (Å²) < 4.78 is 7.94. The van der Waals surface area contributed by atoms with Crippen LogP contribution in [0.2, 0.25) is 0 Å². The summed E-state index contributed by atoms with van der Waals surface area (Å²) in [5.74, 6) is -0.517. The van der Waals surface area contributed by atoms with Gasteiger partial charge in [-0.1, -0.05) is 12.1 Å². The monoisotopic (exact) mass is 365 g/mol. The SMILES string of the molecule is O=C(O)c1ccc(CN2CCOCC(Cc3nccn4cccc34)C2)cc1. The molecule has 0 saturated carbocycles. The van der Waals surface area contributed by atoms with Crippen LogP contribution in [-0.4, -0.2) is 51.7 Å². The minimum absolute atomic E-state index is 0.321. The Morgan fingerprint density at radius 3 is 2.89 bits per heavy atom. The molecule has 1 N–H and O–H groups in total. The van der Waals surface area contributed by atoms with Gasteiger partial charge >= 0.3 is 5.97 Å². The number of hydrogen-bond donors (Lipinski definition) is 1. The lowest BCUT2D eigenvalue weighted by Crippen LogP contribution is -2.30. The highest BCUT2D eigenvalue weighted by Crippen LogP contribution is 2.18. The van der Waals surface area contributed by atoms with Gasteiger partial charge in [0.15, 0.2) is 0 Å². The molecule has 2 aromatic heterocycles. The van der Waals surface area contributed by atoms with Crippen molar-refractivity contribution in [2.45, 2.75) is 13.0 Å². The number of aromatic carboxylic acids is 1. The lowest BCUT2D eigenvalue weighted by molar-refractivity contribution is 0.0697. The summed E-state index contributed by atoms with van der Waals surface area (Å²) in [6, 6.07) is 11.3. The number of fused-ring (bicyclic) bond motifs is 1. The Hall–Kier alpha value is -2.70. The molecule has 27 heavy (non-hydrogen) atoms. The first kappa shape index (κ1) is 17.7. The Balaban J connectivity index is 1.44. The van der Waals surface area contributed by atoms with Gasteiger partial charge in [-0.25, -0.2) is 4.79 Å². The molecule has 1 aromatic carbocycles. The van der Waals surface area contributed by atoms with E-state index in [2.05, 4.69) is 20.4 Å². The van der Waals surface area contributed by atoms with Crippen LogP contribution in [0.15, 0.2) is 55.0 Å². The van der Waals surface area contributed by atoms with Crippen molar-refractivity contribution in [3.05, 3.63) is 71.8 Å². The predicted octanol–water partition coefficient (Wildman–Crippen LogP) is 2.72. The number of rotatable bonds is 5. The molecule has 3 heterocycles. The van der Waals surface area contributed by atoms with Crippen LogP contribution in [0.25, 0.3) is 5.52 Å². The molecule has 4 rings (SSSR count). The fourth-order valence-electron chi connectivity index (χ4n) is 3.69. The Kier molecular flexibility index (Phi) is 5.18. The van der Waals surface area contributed by atoms with Crippen LogP contribution < -0.4 is 0 Å². The smallest absolute Gasteiger partial charge is 0.335 e. The third-order valence-corrected chi connectivity index (χ3v) is 5.04. The quantitative estimate of drug-likeness (QED) is 0.753. The average molecular weight is 365 g/mol. The van der Waals surface area contributed by atoms with Gasteiger partial charge in [0.25, 0.3) is 0 Å². The zero-order chi connectivity index (χ0) is 18.6. The van der Waals surface area contributed by atoms with Crippen LogP contribution in [-0.2, 0) is 17.7 Å². The van der Waals surface area contributed by atoms with E-state index in [4.69, 9.17) is 9.84 Å². The summed E-state index contributed by atoms with van der Waals surface area (Å²) in [6.07, 6.45) is 6.73. The van der Waals surface area contributed by atoms with Crippen LogP contribution in [0.3, 0.4) is 0 Å². The lowest BCUT2D eigenvalue weighted by Gasteiger charge is -2.23. The van der Waals surface area contributed by atoms with E-state index in [1.54, 1.807) is 12.1 Å². The molecule has 3 aromatic rings. The van der Waals surface area contributed by atoms with Crippen LogP contribution in [0.4, 0.5) is 0 Å². The Morgan fingerprint density at radius 2 is 2.07 bits per heavy atom. The molecule has 0 bridgehead atoms. The average Bonchev–Trinajstić information content (AvgIpc) is 3.05. The van der Waals surface area contributed by atoms with E-state index in [1.807, 2.05) is 36.8 Å². The van der Waals surface area contributed by atoms with E-state index in [0.29, 0.717) is 18.1 Å². The number of carboxylic acids is 1. The van der Waals surface area contributed by atoms with Crippen LogP contribution in [0.1, 0.15) is 21.6 Å². The van der Waals surface area contributed by atoms with Gasteiger partial charge in [-0.15, -0.1) is 0 Å². The van der Waals surface area contributed by atoms with Crippen molar-refractivity contribution in [2.24, 2.45) is 5.92 Å². The first-order valence-electron chi connectivity index (χ1n) is 9.22. The Bertz CT molecular complexity index is 920. The van der Waals surface area contributed by atoms with Gasteiger partial charge in [0.05, 0.1) is 30.0 Å². The molecule has 1 unspecified atom stereocenters.